The van der Waals surface area contributed by atoms with Gasteiger partial charge in [-0.1, -0.05) is 6.92 Å². The van der Waals surface area contributed by atoms with Gasteiger partial charge in [-0.3, -0.25) is 4.79 Å². The molecule has 2 aromatic rings. The van der Waals surface area contributed by atoms with Gasteiger partial charge in [0.05, 0.1) is 11.5 Å². The first-order chi connectivity index (χ1) is 15.0. The largest absolute Gasteiger partial charge is 0.493 e. The fourth-order valence-electron chi connectivity index (χ4n) is 3.55. The van der Waals surface area contributed by atoms with Crippen LogP contribution < -0.4 is 10.1 Å². The lowest BCUT2D eigenvalue weighted by Crippen LogP contribution is -2.48. The van der Waals surface area contributed by atoms with Crippen molar-refractivity contribution in [3.8, 4) is 5.75 Å². The molecule has 2 aliphatic rings. The topological polar surface area (TPSA) is 79.0 Å². The van der Waals surface area contributed by atoms with Crippen LogP contribution in [0.2, 0.25) is 0 Å². The lowest BCUT2D eigenvalue weighted by molar-refractivity contribution is 0.102. The Morgan fingerprint density at radius 3 is 2.23 bits per heavy atom. The number of amides is 1. The zero-order chi connectivity index (χ0) is 21.8. The predicted molar refractivity (Wildman–Crippen MR) is 120 cm³/mol. The Kier molecular flexibility index (Phi) is 6.60. The van der Waals surface area contributed by atoms with Crippen LogP contribution in [0.4, 0.5) is 5.69 Å². The number of nitrogens with zero attached hydrogens (tertiary/aromatic N) is 2. The fraction of sp³-hybridized carbons (Fsp3) is 0.435. The lowest BCUT2D eigenvalue weighted by atomic mass is 10.2. The number of piperazine rings is 1. The van der Waals surface area contributed by atoms with Crippen LogP contribution in [-0.2, 0) is 10.0 Å². The Morgan fingerprint density at radius 2 is 1.65 bits per heavy atom. The second-order valence-electron chi connectivity index (χ2n) is 8.10. The molecule has 1 amide bonds. The van der Waals surface area contributed by atoms with E-state index in [2.05, 4.69) is 17.1 Å². The molecule has 31 heavy (non-hydrogen) atoms. The average Bonchev–Trinajstić information content (AvgIpc) is 3.63. The van der Waals surface area contributed by atoms with Gasteiger partial charge in [-0.15, -0.1) is 0 Å². The number of anilines is 1. The molecule has 1 saturated heterocycles. The van der Waals surface area contributed by atoms with Gasteiger partial charge in [-0.2, -0.15) is 4.31 Å². The second-order valence-corrected chi connectivity index (χ2v) is 10.0. The van der Waals surface area contributed by atoms with Crippen LogP contribution in [0.5, 0.6) is 5.75 Å². The highest BCUT2D eigenvalue weighted by Gasteiger charge is 2.28. The van der Waals surface area contributed by atoms with Gasteiger partial charge < -0.3 is 15.0 Å². The van der Waals surface area contributed by atoms with Gasteiger partial charge in [0, 0.05) is 37.4 Å². The molecule has 0 radical (unpaired) electrons. The minimum atomic E-state index is -3.52. The third-order valence-corrected chi connectivity index (χ3v) is 7.74. The van der Waals surface area contributed by atoms with E-state index >= 15 is 0 Å². The average molecular weight is 444 g/mol. The monoisotopic (exact) mass is 443 g/mol. The SMILES string of the molecule is CCN1CCN(S(=O)(=O)c2ccc(NC(=O)c3ccc(OCC4CC4)cc3)cc2)CC1. The van der Waals surface area contributed by atoms with E-state index < -0.39 is 10.0 Å². The molecule has 7 nitrogen and oxygen atoms in total. The Bertz CT molecular complexity index is 994. The van der Waals surface area contributed by atoms with Gasteiger partial charge in [0.1, 0.15) is 5.75 Å². The number of sulfonamides is 1. The minimum absolute atomic E-state index is 0.243. The first-order valence-electron chi connectivity index (χ1n) is 10.8. The summed E-state index contributed by atoms with van der Waals surface area (Å²) in [5.74, 6) is 1.19. The highest BCUT2D eigenvalue weighted by atomic mass is 32.2. The standard InChI is InChI=1S/C23H29N3O4S/c1-2-25-13-15-26(16-14-25)31(28,29)22-11-7-20(8-12-22)24-23(27)19-5-9-21(10-6-19)30-17-18-3-4-18/h5-12,18H,2-4,13-17H2,1H3,(H,24,27). The van der Waals surface area contributed by atoms with E-state index in [0.29, 0.717) is 30.3 Å². The van der Waals surface area contributed by atoms with E-state index in [9.17, 15) is 13.2 Å². The third-order valence-electron chi connectivity index (χ3n) is 5.83. The summed E-state index contributed by atoms with van der Waals surface area (Å²) in [6.45, 7) is 6.22. The van der Waals surface area contributed by atoms with Gasteiger partial charge in [-0.25, -0.2) is 8.42 Å². The molecule has 1 heterocycles. The van der Waals surface area contributed by atoms with Gasteiger partial charge in [-0.05, 0) is 73.8 Å². The van der Waals surface area contributed by atoms with Crippen molar-refractivity contribution >= 4 is 21.6 Å². The first kappa shape index (κ1) is 21.8. The number of ether oxygens (including phenoxy) is 1. The van der Waals surface area contributed by atoms with Gasteiger partial charge in [0.25, 0.3) is 5.91 Å². The zero-order valence-corrected chi connectivity index (χ0v) is 18.6. The highest BCUT2D eigenvalue weighted by Crippen LogP contribution is 2.29. The molecule has 166 valence electrons. The summed E-state index contributed by atoms with van der Waals surface area (Å²) in [6.07, 6.45) is 2.46. The molecule has 0 spiro atoms. The molecule has 1 N–H and O–H groups in total. The second kappa shape index (κ2) is 9.38. The van der Waals surface area contributed by atoms with Crippen LogP contribution in [0.1, 0.15) is 30.1 Å². The summed E-state index contributed by atoms with van der Waals surface area (Å²) in [5.41, 5.74) is 1.07. The van der Waals surface area contributed by atoms with Gasteiger partial charge in [0.15, 0.2) is 0 Å². The minimum Gasteiger partial charge on any atom is -0.493 e. The van der Waals surface area contributed by atoms with Crippen LogP contribution in [0, 0.1) is 5.92 Å². The molecule has 1 saturated carbocycles. The molecule has 4 rings (SSSR count). The molecule has 8 heteroatoms. The third kappa shape index (κ3) is 5.44. The molecular formula is C23H29N3O4S. The van der Waals surface area contributed by atoms with Crippen LogP contribution in [0.3, 0.4) is 0 Å². The molecule has 2 fully saturated rings. The van der Waals surface area contributed by atoms with Crippen LogP contribution in [-0.4, -0.2) is 62.9 Å². The molecule has 0 aromatic heterocycles. The van der Waals surface area contributed by atoms with Crippen molar-refractivity contribution in [2.45, 2.75) is 24.7 Å². The Hall–Kier alpha value is -2.42. The van der Waals surface area contributed by atoms with Crippen molar-refractivity contribution in [1.29, 1.82) is 0 Å². The van der Waals surface area contributed by atoms with Crippen LogP contribution in [0.15, 0.2) is 53.4 Å². The summed E-state index contributed by atoms with van der Waals surface area (Å²) in [5, 5.41) is 2.81. The van der Waals surface area contributed by atoms with E-state index in [4.69, 9.17) is 4.74 Å². The lowest BCUT2D eigenvalue weighted by Gasteiger charge is -2.33. The first-order valence-corrected chi connectivity index (χ1v) is 12.3. The van der Waals surface area contributed by atoms with Crippen molar-refractivity contribution in [2.24, 2.45) is 5.92 Å². The van der Waals surface area contributed by atoms with Crippen molar-refractivity contribution < 1.29 is 17.9 Å². The number of carbonyl (C=O) groups excluding carboxylic acids is 1. The zero-order valence-electron chi connectivity index (χ0n) is 17.8. The number of carbonyl (C=O) groups is 1. The summed E-state index contributed by atoms with van der Waals surface area (Å²) in [7, 11) is -3.52. The Morgan fingerprint density at radius 1 is 1.00 bits per heavy atom. The molecule has 0 unspecified atom stereocenters. The molecule has 2 aromatic carbocycles. The smallest absolute Gasteiger partial charge is 0.255 e. The number of nitrogens with one attached hydrogen (secondary N) is 1. The van der Waals surface area contributed by atoms with E-state index in [1.165, 1.54) is 17.1 Å². The van der Waals surface area contributed by atoms with Crippen molar-refractivity contribution in [3.63, 3.8) is 0 Å². The summed E-state index contributed by atoms with van der Waals surface area (Å²) in [6, 6.07) is 13.4. The number of rotatable bonds is 8. The van der Waals surface area contributed by atoms with E-state index in [-0.39, 0.29) is 10.8 Å². The van der Waals surface area contributed by atoms with Crippen molar-refractivity contribution in [3.05, 3.63) is 54.1 Å². The number of benzene rings is 2. The maximum absolute atomic E-state index is 12.9. The summed E-state index contributed by atoms with van der Waals surface area (Å²) >= 11 is 0. The number of likely N-dealkylation sites (N-methyl/N-ethyl adjacent to an activating group) is 1. The summed E-state index contributed by atoms with van der Waals surface area (Å²) in [4.78, 5) is 15.0. The molecule has 1 aliphatic carbocycles. The van der Waals surface area contributed by atoms with Gasteiger partial charge >= 0.3 is 0 Å². The molecule has 0 bridgehead atoms. The summed E-state index contributed by atoms with van der Waals surface area (Å²) < 4.78 is 33.0. The van der Waals surface area contributed by atoms with Crippen molar-refractivity contribution in [1.82, 2.24) is 9.21 Å². The molecule has 0 atom stereocenters. The Labute approximate surface area is 184 Å². The quantitative estimate of drug-likeness (QED) is 0.678. The van der Waals surface area contributed by atoms with E-state index in [0.717, 1.165) is 32.0 Å². The Balaban J connectivity index is 1.35. The normalized spacial score (nSPS) is 18.0. The van der Waals surface area contributed by atoms with Crippen LogP contribution in [0.25, 0.3) is 0 Å². The number of hydrogen-bond acceptors (Lipinski definition) is 5. The van der Waals surface area contributed by atoms with Gasteiger partial charge in [0.2, 0.25) is 10.0 Å². The van der Waals surface area contributed by atoms with E-state index in [1.54, 1.807) is 48.5 Å². The van der Waals surface area contributed by atoms with Crippen molar-refractivity contribution in [2.75, 3.05) is 44.6 Å². The fourth-order valence-corrected chi connectivity index (χ4v) is 4.97. The molecule has 1 aliphatic heterocycles. The van der Waals surface area contributed by atoms with Crippen LogP contribution >= 0.6 is 0 Å². The highest BCUT2D eigenvalue weighted by molar-refractivity contribution is 7.89. The van der Waals surface area contributed by atoms with E-state index in [1.807, 2.05) is 0 Å². The number of hydrogen-bond donors (Lipinski definition) is 1. The maximum Gasteiger partial charge on any atom is 0.255 e. The molecular weight excluding hydrogens is 414 g/mol. The maximum atomic E-state index is 12.9. The predicted octanol–water partition coefficient (Wildman–Crippen LogP) is 3.05.